The van der Waals surface area contributed by atoms with Gasteiger partial charge < -0.3 is 10.0 Å². The second-order valence-electron chi connectivity index (χ2n) is 7.26. The highest BCUT2D eigenvalue weighted by molar-refractivity contribution is 6.30. The molecule has 1 N–H and O–H groups in total. The van der Waals surface area contributed by atoms with Crippen molar-refractivity contribution in [3.05, 3.63) is 70.7 Å². The van der Waals surface area contributed by atoms with Crippen LogP contribution in [0.5, 0.6) is 0 Å². The Bertz CT molecular complexity index is 830. The molecule has 1 heterocycles. The largest absolute Gasteiger partial charge is 0.481 e. The molecular formula is C21H20ClNO3. The number of carboxylic acids is 1. The fraction of sp³-hybridized carbons (Fsp3) is 0.333. The number of hydrogen-bond donors (Lipinski definition) is 1. The van der Waals surface area contributed by atoms with E-state index < -0.39 is 17.3 Å². The molecule has 0 unspecified atom stereocenters. The van der Waals surface area contributed by atoms with Gasteiger partial charge in [0.25, 0.3) is 0 Å². The van der Waals surface area contributed by atoms with Crippen LogP contribution in [0.1, 0.15) is 29.9 Å². The van der Waals surface area contributed by atoms with E-state index in [1.807, 2.05) is 42.5 Å². The van der Waals surface area contributed by atoms with Gasteiger partial charge in [0, 0.05) is 24.0 Å². The molecule has 0 radical (unpaired) electrons. The van der Waals surface area contributed by atoms with E-state index in [-0.39, 0.29) is 18.4 Å². The zero-order valence-electron chi connectivity index (χ0n) is 14.3. The van der Waals surface area contributed by atoms with Crippen molar-refractivity contribution in [1.29, 1.82) is 0 Å². The second kappa shape index (κ2) is 6.44. The van der Waals surface area contributed by atoms with E-state index in [0.717, 1.165) is 24.0 Å². The van der Waals surface area contributed by atoms with Crippen molar-refractivity contribution in [2.45, 2.75) is 24.2 Å². The van der Waals surface area contributed by atoms with E-state index in [0.29, 0.717) is 11.6 Å². The number of carbonyl (C=O) groups excluding carboxylic acids is 1. The predicted octanol–water partition coefficient (Wildman–Crippen LogP) is 3.70. The lowest BCUT2D eigenvalue weighted by Crippen LogP contribution is -2.38. The molecule has 1 amide bonds. The summed E-state index contributed by atoms with van der Waals surface area (Å²) in [6.45, 7) is 0.720. The normalized spacial score (nSPS) is 23.7. The highest BCUT2D eigenvalue weighted by Gasteiger charge is 2.55. The fourth-order valence-electron chi connectivity index (χ4n) is 4.08. The molecule has 0 bridgehead atoms. The van der Waals surface area contributed by atoms with Crippen LogP contribution in [0.3, 0.4) is 0 Å². The number of carboxylic acid groups (broad SMARTS) is 1. The van der Waals surface area contributed by atoms with Crippen molar-refractivity contribution in [2.24, 2.45) is 5.92 Å². The number of halogens is 1. The summed E-state index contributed by atoms with van der Waals surface area (Å²) in [5.41, 5.74) is 1.45. The van der Waals surface area contributed by atoms with E-state index in [2.05, 4.69) is 0 Å². The molecule has 1 aliphatic carbocycles. The first kappa shape index (κ1) is 17.1. The third-order valence-corrected chi connectivity index (χ3v) is 5.96. The lowest BCUT2D eigenvalue weighted by molar-refractivity contribution is -0.142. The van der Waals surface area contributed by atoms with Crippen LogP contribution < -0.4 is 0 Å². The molecule has 134 valence electrons. The summed E-state index contributed by atoms with van der Waals surface area (Å²) in [5, 5.41) is 10.3. The van der Waals surface area contributed by atoms with Gasteiger partial charge >= 0.3 is 5.97 Å². The van der Waals surface area contributed by atoms with Gasteiger partial charge in [0.05, 0.1) is 11.3 Å². The van der Waals surface area contributed by atoms with Gasteiger partial charge in [0.2, 0.25) is 5.91 Å². The molecule has 5 heteroatoms. The Morgan fingerprint density at radius 2 is 1.65 bits per heavy atom. The summed E-state index contributed by atoms with van der Waals surface area (Å²) < 4.78 is 0. The molecule has 1 aliphatic heterocycles. The van der Waals surface area contributed by atoms with Crippen LogP contribution in [0.15, 0.2) is 54.6 Å². The number of benzene rings is 2. The number of nitrogens with zero attached hydrogens (tertiary/aromatic N) is 1. The standard InChI is InChI=1S/C21H20ClNO3/c22-16-8-6-15(7-9-16)21(10-11-21)20(26)23-12-17(18(13-23)19(24)25)14-4-2-1-3-5-14/h1-9,17-18H,10-13H2,(H,24,25)/t17-,18-/m1/s1. The first-order valence-electron chi connectivity index (χ1n) is 8.84. The molecule has 0 aromatic heterocycles. The lowest BCUT2D eigenvalue weighted by atomic mass is 9.89. The fourth-order valence-corrected chi connectivity index (χ4v) is 4.21. The van der Waals surface area contributed by atoms with Crippen LogP contribution in [-0.2, 0) is 15.0 Å². The Morgan fingerprint density at radius 1 is 1.00 bits per heavy atom. The Labute approximate surface area is 157 Å². The third kappa shape index (κ3) is 2.88. The van der Waals surface area contributed by atoms with Gasteiger partial charge in [0.15, 0.2) is 0 Å². The molecule has 2 aromatic rings. The molecule has 2 aliphatic rings. The van der Waals surface area contributed by atoms with E-state index in [9.17, 15) is 14.7 Å². The first-order valence-corrected chi connectivity index (χ1v) is 9.22. The van der Waals surface area contributed by atoms with Gasteiger partial charge in [-0.05, 0) is 36.1 Å². The molecule has 4 nitrogen and oxygen atoms in total. The minimum atomic E-state index is -0.842. The smallest absolute Gasteiger partial charge is 0.308 e. The highest BCUT2D eigenvalue weighted by atomic mass is 35.5. The zero-order chi connectivity index (χ0) is 18.3. The maximum Gasteiger partial charge on any atom is 0.308 e. The highest BCUT2D eigenvalue weighted by Crippen LogP contribution is 2.51. The number of hydrogen-bond acceptors (Lipinski definition) is 2. The van der Waals surface area contributed by atoms with Gasteiger partial charge in [0.1, 0.15) is 0 Å². The van der Waals surface area contributed by atoms with Crippen molar-refractivity contribution in [3.8, 4) is 0 Å². The summed E-state index contributed by atoms with van der Waals surface area (Å²) in [7, 11) is 0. The van der Waals surface area contributed by atoms with Crippen molar-refractivity contribution < 1.29 is 14.7 Å². The molecule has 0 spiro atoms. The Kier molecular flexibility index (Phi) is 4.23. The number of amides is 1. The Morgan fingerprint density at radius 3 is 2.23 bits per heavy atom. The lowest BCUT2D eigenvalue weighted by Gasteiger charge is -2.23. The summed E-state index contributed by atoms with van der Waals surface area (Å²) in [6, 6.07) is 17.1. The minimum absolute atomic E-state index is 0.0458. The Balaban J connectivity index is 1.59. The van der Waals surface area contributed by atoms with E-state index >= 15 is 0 Å². The van der Waals surface area contributed by atoms with Crippen molar-refractivity contribution in [2.75, 3.05) is 13.1 Å². The molecule has 2 atom stereocenters. The van der Waals surface area contributed by atoms with Crippen LogP contribution in [0.2, 0.25) is 5.02 Å². The van der Waals surface area contributed by atoms with Gasteiger partial charge in [-0.25, -0.2) is 0 Å². The van der Waals surface area contributed by atoms with E-state index in [1.54, 1.807) is 17.0 Å². The zero-order valence-corrected chi connectivity index (χ0v) is 15.0. The predicted molar refractivity (Wildman–Crippen MR) is 99.3 cm³/mol. The SMILES string of the molecule is O=C(O)[C@@H]1CN(C(=O)C2(c3ccc(Cl)cc3)CC2)C[C@@H]1c1ccccc1. The number of likely N-dealkylation sites (tertiary alicyclic amines) is 1. The van der Waals surface area contributed by atoms with Crippen molar-refractivity contribution >= 4 is 23.5 Å². The molecular weight excluding hydrogens is 350 g/mol. The first-order chi connectivity index (χ1) is 12.5. The van der Waals surface area contributed by atoms with E-state index in [4.69, 9.17) is 11.6 Å². The summed E-state index contributed by atoms with van der Waals surface area (Å²) in [4.78, 5) is 26.8. The van der Waals surface area contributed by atoms with Crippen LogP contribution >= 0.6 is 11.6 Å². The van der Waals surface area contributed by atoms with Crippen LogP contribution in [0.4, 0.5) is 0 Å². The van der Waals surface area contributed by atoms with Gasteiger partial charge in [-0.2, -0.15) is 0 Å². The van der Waals surface area contributed by atoms with Gasteiger partial charge in [-0.1, -0.05) is 54.1 Å². The van der Waals surface area contributed by atoms with Crippen LogP contribution in [0, 0.1) is 5.92 Å². The van der Waals surface area contributed by atoms with Crippen molar-refractivity contribution in [1.82, 2.24) is 4.90 Å². The molecule has 26 heavy (non-hydrogen) atoms. The van der Waals surface area contributed by atoms with Gasteiger partial charge in [-0.3, -0.25) is 9.59 Å². The third-order valence-electron chi connectivity index (χ3n) is 5.71. The quantitative estimate of drug-likeness (QED) is 0.894. The minimum Gasteiger partial charge on any atom is -0.481 e. The van der Waals surface area contributed by atoms with Gasteiger partial charge in [-0.15, -0.1) is 0 Å². The molecule has 4 rings (SSSR count). The number of aliphatic carboxylic acids is 1. The molecule has 1 saturated carbocycles. The second-order valence-corrected chi connectivity index (χ2v) is 7.70. The molecule has 1 saturated heterocycles. The average molecular weight is 370 g/mol. The maximum absolute atomic E-state index is 13.3. The number of carbonyl (C=O) groups is 2. The summed E-state index contributed by atoms with van der Waals surface area (Å²) >= 11 is 5.97. The molecule has 2 aromatic carbocycles. The topological polar surface area (TPSA) is 57.6 Å². The van der Waals surface area contributed by atoms with E-state index in [1.165, 1.54) is 0 Å². The average Bonchev–Trinajstić information content (AvgIpc) is 3.33. The molecule has 2 fully saturated rings. The maximum atomic E-state index is 13.3. The Hall–Kier alpha value is -2.33. The van der Waals surface area contributed by atoms with Crippen LogP contribution in [-0.4, -0.2) is 35.0 Å². The number of rotatable bonds is 4. The summed E-state index contributed by atoms with van der Waals surface area (Å²) in [5.74, 6) is -1.53. The monoisotopic (exact) mass is 369 g/mol. The van der Waals surface area contributed by atoms with Crippen LogP contribution in [0.25, 0.3) is 0 Å². The van der Waals surface area contributed by atoms with Crippen molar-refractivity contribution in [3.63, 3.8) is 0 Å². The summed E-state index contributed by atoms with van der Waals surface area (Å²) in [6.07, 6.45) is 1.61.